The van der Waals surface area contributed by atoms with E-state index in [1.807, 2.05) is 31.3 Å². The number of aromatic amines is 1. The van der Waals surface area contributed by atoms with Gasteiger partial charge in [-0.05, 0) is 37.5 Å². The van der Waals surface area contributed by atoms with Gasteiger partial charge in [0.25, 0.3) is 0 Å². The van der Waals surface area contributed by atoms with Crippen molar-refractivity contribution < 1.29 is 9.53 Å². The zero-order chi connectivity index (χ0) is 13.5. The van der Waals surface area contributed by atoms with Gasteiger partial charge < -0.3 is 10.1 Å². The van der Waals surface area contributed by atoms with Crippen LogP contribution in [0.5, 0.6) is 5.75 Å². The van der Waals surface area contributed by atoms with Crippen molar-refractivity contribution in [2.24, 2.45) is 0 Å². The second kappa shape index (κ2) is 6.58. The van der Waals surface area contributed by atoms with Crippen molar-refractivity contribution in [3.8, 4) is 5.75 Å². The molecule has 0 saturated carbocycles. The number of amides is 1. The monoisotopic (exact) mass is 259 g/mol. The largest absolute Gasteiger partial charge is 0.412 e. The number of hydrogen-bond acceptors (Lipinski definition) is 3. The predicted octanol–water partition coefficient (Wildman–Crippen LogP) is 2.44. The van der Waals surface area contributed by atoms with E-state index in [2.05, 4.69) is 15.5 Å². The van der Waals surface area contributed by atoms with Crippen LogP contribution >= 0.6 is 0 Å². The van der Waals surface area contributed by atoms with Crippen LogP contribution in [0.25, 0.3) is 0 Å². The normalized spacial score (nSPS) is 10.2. The molecule has 0 unspecified atom stereocenters. The Morgan fingerprint density at radius 2 is 2.16 bits per heavy atom. The van der Waals surface area contributed by atoms with E-state index in [0.717, 1.165) is 18.5 Å². The summed E-state index contributed by atoms with van der Waals surface area (Å²) in [6.45, 7) is 2.57. The van der Waals surface area contributed by atoms with E-state index < -0.39 is 6.09 Å². The van der Waals surface area contributed by atoms with E-state index in [1.54, 1.807) is 12.1 Å². The lowest BCUT2D eigenvalue weighted by molar-refractivity contribution is 0.200. The lowest BCUT2D eigenvalue weighted by atomic mass is 10.1. The minimum absolute atomic E-state index is 0.421. The van der Waals surface area contributed by atoms with Gasteiger partial charge in [0.1, 0.15) is 5.75 Å². The maximum atomic E-state index is 11.5. The van der Waals surface area contributed by atoms with Gasteiger partial charge in [-0.3, -0.25) is 5.10 Å². The highest BCUT2D eigenvalue weighted by molar-refractivity contribution is 5.70. The Labute approximate surface area is 112 Å². The van der Waals surface area contributed by atoms with Crippen LogP contribution < -0.4 is 10.1 Å². The molecule has 100 valence electrons. The average Bonchev–Trinajstić information content (AvgIpc) is 2.81. The Morgan fingerprint density at radius 3 is 2.84 bits per heavy atom. The first-order valence-electron chi connectivity index (χ1n) is 6.25. The summed E-state index contributed by atoms with van der Waals surface area (Å²) in [6.07, 6.45) is 3.13. The molecule has 2 aromatic rings. The first kappa shape index (κ1) is 13.1. The summed E-state index contributed by atoms with van der Waals surface area (Å²) in [5.41, 5.74) is 2.25. The molecule has 5 nitrogen and oxygen atoms in total. The molecule has 0 aliphatic heterocycles. The zero-order valence-corrected chi connectivity index (χ0v) is 10.8. The van der Waals surface area contributed by atoms with Gasteiger partial charge in [0.15, 0.2) is 0 Å². The summed E-state index contributed by atoms with van der Waals surface area (Å²) in [5.74, 6) is 0.547. The maximum Gasteiger partial charge on any atom is 0.412 e. The number of aryl methyl sites for hydroxylation is 2. The minimum atomic E-state index is -0.421. The van der Waals surface area contributed by atoms with Gasteiger partial charge in [-0.1, -0.05) is 18.2 Å². The molecule has 2 N–H and O–H groups in total. The number of H-pyrrole nitrogens is 1. The predicted molar refractivity (Wildman–Crippen MR) is 72.1 cm³/mol. The average molecular weight is 259 g/mol. The van der Waals surface area contributed by atoms with E-state index in [1.165, 1.54) is 5.56 Å². The van der Waals surface area contributed by atoms with Gasteiger partial charge in [-0.2, -0.15) is 5.10 Å². The number of nitrogens with zero attached hydrogens (tertiary/aromatic N) is 1. The molecule has 1 amide bonds. The summed E-state index contributed by atoms with van der Waals surface area (Å²) < 4.78 is 5.11. The second-order valence-corrected chi connectivity index (χ2v) is 4.25. The molecule has 0 spiro atoms. The van der Waals surface area contributed by atoms with Gasteiger partial charge in [0, 0.05) is 12.2 Å². The Kier molecular flexibility index (Phi) is 4.55. The number of nitrogens with one attached hydrogen (secondary N) is 2. The minimum Gasteiger partial charge on any atom is -0.410 e. The van der Waals surface area contributed by atoms with Crippen molar-refractivity contribution in [3.05, 3.63) is 47.8 Å². The Morgan fingerprint density at radius 1 is 1.37 bits per heavy atom. The molecule has 5 heteroatoms. The van der Waals surface area contributed by atoms with Gasteiger partial charge in [0.05, 0.1) is 6.20 Å². The quantitative estimate of drug-likeness (QED) is 0.810. The van der Waals surface area contributed by atoms with Crippen molar-refractivity contribution >= 4 is 6.09 Å². The van der Waals surface area contributed by atoms with Crippen LogP contribution in [0.4, 0.5) is 4.79 Å². The van der Waals surface area contributed by atoms with E-state index >= 15 is 0 Å². The maximum absolute atomic E-state index is 11.5. The molecular formula is C14H17N3O2. The van der Waals surface area contributed by atoms with E-state index in [-0.39, 0.29) is 0 Å². The molecule has 0 saturated heterocycles. The second-order valence-electron chi connectivity index (χ2n) is 4.25. The van der Waals surface area contributed by atoms with Crippen LogP contribution in [0.2, 0.25) is 0 Å². The van der Waals surface area contributed by atoms with Crippen LogP contribution in [0.3, 0.4) is 0 Å². The van der Waals surface area contributed by atoms with Crippen molar-refractivity contribution in [1.29, 1.82) is 0 Å². The highest BCUT2D eigenvalue weighted by Crippen LogP contribution is 2.08. The fraction of sp³-hybridized carbons (Fsp3) is 0.286. The molecule has 0 aliphatic rings. The molecule has 1 aromatic carbocycles. The number of rotatable bonds is 5. The zero-order valence-electron chi connectivity index (χ0n) is 10.8. The lowest BCUT2D eigenvalue weighted by Gasteiger charge is -2.06. The fourth-order valence-corrected chi connectivity index (χ4v) is 1.73. The number of benzene rings is 1. The molecule has 0 aliphatic carbocycles. The number of carbonyl (C=O) groups excluding carboxylic acids is 1. The lowest BCUT2D eigenvalue weighted by Crippen LogP contribution is -2.27. The number of aromatic nitrogens is 2. The van der Waals surface area contributed by atoms with E-state index in [0.29, 0.717) is 12.3 Å². The first-order chi connectivity index (χ1) is 9.25. The number of para-hydroxylation sites is 1. The van der Waals surface area contributed by atoms with Gasteiger partial charge in [-0.15, -0.1) is 0 Å². The molecule has 0 bridgehead atoms. The van der Waals surface area contributed by atoms with Crippen molar-refractivity contribution in [2.75, 3.05) is 6.54 Å². The van der Waals surface area contributed by atoms with Gasteiger partial charge in [0.2, 0.25) is 0 Å². The molecule has 0 atom stereocenters. The van der Waals surface area contributed by atoms with E-state index in [9.17, 15) is 4.79 Å². The molecule has 1 heterocycles. The number of hydrogen-bond donors (Lipinski definition) is 2. The topological polar surface area (TPSA) is 67.0 Å². The van der Waals surface area contributed by atoms with E-state index in [4.69, 9.17) is 4.74 Å². The molecular weight excluding hydrogens is 242 g/mol. The summed E-state index contributed by atoms with van der Waals surface area (Å²) in [4.78, 5) is 11.5. The van der Waals surface area contributed by atoms with Crippen molar-refractivity contribution in [2.45, 2.75) is 19.8 Å². The Hall–Kier alpha value is -2.30. The molecule has 0 fully saturated rings. The smallest absolute Gasteiger partial charge is 0.410 e. The van der Waals surface area contributed by atoms with Gasteiger partial charge in [-0.25, -0.2) is 4.79 Å². The molecule has 19 heavy (non-hydrogen) atoms. The Balaban J connectivity index is 1.66. The third kappa shape index (κ3) is 4.13. The third-order valence-corrected chi connectivity index (χ3v) is 2.78. The van der Waals surface area contributed by atoms with Crippen LogP contribution in [0, 0.1) is 6.92 Å². The summed E-state index contributed by atoms with van der Waals surface area (Å²) in [6, 6.07) is 9.01. The molecule has 1 aromatic heterocycles. The third-order valence-electron chi connectivity index (χ3n) is 2.78. The number of carbonyl (C=O) groups is 1. The van der Waals surface area contributed by atoms with Crippen LogP contribution in [0.15, 0.2) is 36.5 Å². The summed E-state index contributed by atoms with van der Waals surface area (Å²) >= 11 is 0. The van der Waals surface area contributed by atoms with Crippen LogP contribution in [0.1, 0.15) is 17.7 Å². The van der Waals surface area contributed by atoms with Crippen LogP contribution in [-0.4, -0.2) is 22.8 Å². The Bertz CT molecular complexity index is 522. The standard InChI is InChI=1S/C14H17N3O2/c1-11-12(10-16-17-11)6-5-9-15-14(18)19-13-7-3-2-4-8-13/h2-4,7-8,10H,5-6,9H2,1H3,(H,15,18)(H,16,17). The highest BCUT2D eigenvalue weighted by atomic mass is 16.5. The summed E-state index contributed by atoms with van der Waals surface area (Å²) in [7, 11) is 0. The fourth-order valence-electron chi connectivity index (χ4n) is 1.73. The highest BCUT2D eigenvalue weighted by Gasteiger charge is 2.04. The molecule has 2 rings (SSSR count). The SMILES string of the molecule is Cc1[nH]ncc1CCCNC(=O)Oc1ccccc1. The van der Waals surface area contributed by atoms with Crippen molar-refractivity contribution in [3.63, 3.8) is 0 Å². The van der Waals surface area contributed by atoms with Gasteiger partial charge >= 0.3 is 6.09 Å². The first-order valence-corrected chi connectivity index (χ1v) is 6.25. The summed E-state index contributed by atoms with van der Waals surface area (Å²) in [5, 5.41) is 9.56. The van der Waals surface area contributed by atoms with Crippen molar-refractivity contribution in [1.82, 2.24) is 15.5 Å². The molecule has 0 radical (unpaired) electrons. The van der Waals surface area contributed by atoms with Crippen LogP contribution in [-0.2, 0) is 6.42 Å². The number of ether oxygens (including phenoxy) is 1.